The number of halogens is 1. The van der Waals surface area contributed by atoms with E-state index in [1.165, 1.54) is 6.39 Å². The molecule has 0 N–H and O–H groups in total. The fourth-order valence-corrected chi connectivity index (χ4v) is 1.58. The van der Waals surface area contributed by atoms with Crippen molar-refractivity contribution in [2.75, 3.05) is 0 Å². The van der Waals surface area contributed by atoms with Crippen LogP contribution < -0.4 is 0 Å². The van der Waals surface area contributed by atoms with Crippen molar-refractivity contribution in [3.8, 4) is 0 Å². The predicted molar refractivity (Wildman–Crippen MR) is 47.1 cm³/mol. The highest BCUT2D eigenvalue weighted by Gasteiger charge is 2.04. The molecule has 0 bridgehead atoms. The maximum atomic E-state index is 10.4. The Hall–Kier alpha value is -1.16. The summed E-state index contributed by atoms with van der Waals surface area (Å²) in [4.78, 5) is 14.4. The molecule has 1 aromatic heterocycles. The molecule has 0 spiro atoms. The first-order valence-electron chi connectivity index (χ1n) is 3.29. The van der Waals surface area contributed by atoms with Crippen molar-refractivity contribution >= 4 is 33.3 Å². The number of hydrogen-bond donors (Lipinski definition) is 0. The van der Waals surface area contributed by atoms with Crippen molar-refractivity contribution < 1.29 is 9.21 Å². The van der Waals surface area contributed by atoms with Crippen LogP contribution in [-0.4, -0.2) is 11.3 Å². The van der Waals surface area contributed by atoms with Crippen LogP contribution in [0.1, 0.15) is 10.4 Å². The molecule has 0 fully saturated rings. The van der Waals surface area contributed by atoms with Crippen LogP contribution in [0.3, 0.4) is 0 Å². The first-order chi connectivity index (χ1) is 5.81. The second kappa shape index (κ2) is 2.71. The molecule has 2 aromatic rings. The monoisotopic (exact) mass is 225 g/mol. The van der Waals surface area contributed by atoms with Gasteiger partial charge in [0.1, 0.15) is 11.8 Å². The van der Waals surface area contributed by atoms with Crippen molar-refractivity contribution in [1.82, 2.24) is 4.98 Å². The summed E-state index contributed by atoms with van der Waals surface area (Å²) >= 11 is 3.28. The summed E-state index contributed by atoms with van der Waals surface area (Å²) in [6.07, 6.45) is 2.13. The zero-order valence-corrected chi connectivity index (χ0v) is 7.54. The molecule has 0 unspecified atom stereocenters. The molecule has 3 nitrogen and oxygen atoms in total. The van der Waals surface area contributed by atoms with Crippen LogP contribution in [0, 0.1) is 0 Å². The topological polar surface area (TPSA) is 43.1 Å². The molecular formula is C8H4BrNO2. The van der Waals surface area contributed by atoms with Crippen LogP contribution in [0.15, 0.2) is 27.4 Å². The van der Waals surface area contributed by atoms with Gasteiger partial charge in [-0.3, -0.25) is 4.79 Å². The Kier molecular flexibility index (Phi) is 1.69. The van der Waals surface area contributed by atoms with Gasteiger partial charge in [0.15, 0.2) is 12.0 Å². The molecule has 0 saturated carbocycles. The third-order valence-corrected chi connectivity index (χ3v) is 2.13. The van der Waals surface area contributed by atoms with Gasteiger partial charge in [-0.05, 0) is 28.1 Å². The Bertz CT molecular complexity index is 436. The third kappa shape index (κ3) is 1.04. The predicted octanol–water partition coefficient (Wildman–Crippen LogP) is 2.40. The molecule has 0 aliphatic rings. The lowest BCUT2D eigenvalue weighted by molar-refractivity contribution is 0.112. The maximum absolute atomic E-state index is 10.4. The number of aldehydes is 1. The fraction of sp³-hybridized carbons (Fsp3) is 0. The SMILES string of the molecule is O=Cc1cc(Br)c2ocnc2c1. The largest absolute Gasteiger partial charge is 0.442 e. The first kappa shape index (κ1) is 7.49. The summed E-state index contributed by atoms with van der Waals surface area (Å²) in [5, 5.41) is 0. The Morgan fingerprint density at radius 2 is 2.33 bits per heavy atom. The second-order valence-electron chi connectivity index (χ2n) is 2.32. The third-order valence-electron chi connectivity index (χ3n) is 1.54. The van der Waals surface area contributed by atoms with E-state index in [1.54, 1.807) is 12.1 Å². The normalized spacial score (nSPS) is 10.4. The Labute approximate surface area is 76.5 Å². The van der Waals surface area contributed by atoms with Crippen LogP contribution in [0.4, 0.5) is 0 Å². The summed E-state index contributed by atoms with van der Waals surface area (Å²) in [5.41, 5.74) is 1.94. The van der Waals surface area contributed by atoms with Crippen molar-refractivity contribution in [3.05, 3.63) is 28.6 Å². The number of carbonyl (C=O) groups is 1. The van der Waals surface area contributed by atoms with Gasteiger partial charge in [-0.1, -0.05) is 0 Å². The zero-order valence-electron chi connectivity index (χ0n) is 5.95. The lowest BCUT2D eigenvalue weighted by atomic mass is 10.2. The molecule has 60 valence electrons. The summed E-state index contributed by atoms with van der Waals surface area (Å²) in [5.74, 6) is 0. The number of nitrogens with zero attached hydrogens (tertiary/aromatic N) is 1. The standard InChI is InChI=1S/C8H4BrNO2/c9-6-1-5(3-11)2-7-8(6)12-4-10-7/h1-4H. The summed E-state index contributed by atoms with van der Waals surface area (Å²) < 4.78 is 5.82. The van der Waals surface area contributed by atoms with E-state index >= 15 is 0 Å². The van der Waals surface area contributed by atoms with Crippen molar-refractivity contribution in [1.29, 1.82) is 0 Å². The average Bonchev–Trinajstić information content (AvgIpc) is 2.52. The molecule has 0 aliphatic carbocycles. The van der Waals surface area contributed by atoms with E-state index in [9.17, 15) is 4.79 Å². The molecule has 2 rings (SSSR count). The fourth-order valence-electron chi connectivity index (χ4n) is 1.02. The molecule has 4 heteroatoms. The number of benzene rings is 1. The van der Waals surface area contributed by atoms with Crippen LogP contribution in [0.2, 0.25) is 0 Å². The highest BCUT2D eigenvalue weighted by Crippen LogP contribution is 2.24. The van der Waals surface area contributed by atoms with E-state index in [4.69, 9.17) is 4.42 Å². The average molecular weight is 226 g/mol. The van der Waals surface area contributed by atoms with Gasteiger partial charge < -0.3 is 4.42 Å². The van der Waals surface area contributed by atoms with Crippen LogP contribution in [-0.2, 0) is 0 Å². The van der Waals surface area contributed by atoms with Crippen molar-refractivity contribution in [2.24, 2.45) is 0 Å². The van der Waals surface area contributed by atoms with Gasteiger partial charge in [0.25, 0.3) is 0 Å². The first-order valence-corrected chi connectivity index (χ1v) is 4.08. The Morgan fingerprint density at radius 3 is 3.08 bits per heavy atom. The lowest BCUT2D eigenvalue weighted by Crippen LogP contribution is -1.79. The van der Waals surface area contributed by atoms with Crippen LogP contribution in [0.25, 0.3) is 11.1 Å². The van der Waals surface area contributed by atoms with E-state index in [2.05, 4.69) is 20.9 Å². The molecule has 0 atom stereocenters. The summed E-state index contributed by atoms with van der Waals surface area (Å²) in [7, 11) is 0. The number of rotatable bonds is 1. The molecule has 0 saturated heterocycles. The van der Waals surface area contributed by atoms with E-state index in [1.807, 2.05) is 0 Å². The number of carbonyl (C=O) groups excluding carboxylic acids is 1. The highest BCUT2D eigenvalue weighted by molar-refractivity contribution is 9.10. The molecule has 0 amide bonds. The summed E-state index contributed by atoms with van der Waals surface area (Å²) in [6.45, 7) is 0. The van der Waals surface area contributed by atoms with Crippen molar-refractivity contribution in [3.63, 3.8) is 0 Å². The van der Waals surface area contributed by atoms with Gasteiger partial charge in [-0.15, -0.1) is 0 Å². The minimum absolute atomic E-state index is 0.586. The van der Waals surface area contributed by atoms with E-state index in [0.717, 1.165) is 10.8 Å². The van der Waals surface area contributed by atoms with E-state index < -0.39 is 0 Å². The van der Waals surface area contributed by atoms with Gasteiger partial charge in [0.05, 0.1) is 4.47 Å². The zero-order chi connectivity index (χ0) is 8.55. The Morgan fingerprint density at radius 1 is 1.50 bits per heavy atom. The smallest absolute Gasteiger partial charge is 0.182 e. The van der Waals surface area contributed by atoms with Gasteiger partial charge >= 0.3 is 0 Å². The molecular weight excluding hydrogens is 222 g/mol. The number of aromatic nitrogens is 1. The van der Waals surface area contributed by atoms with Crippen LogP contribution in [0.5, 0.6) is 0 Å². The van der Waals surface area contributed by atoms with Crippen molar-refractivity contribution in [2.45, 2.75) is 0 Å². The van der Waals surface area contributed by atoms with Gasteiger partial charge in [-0.25, -0.2) is 4.98 Å². The second-order valence-corrected chi connectivity index (χ2v) is 3.18. The highest BCUT2D eigenvalue weighted by atomic mass is 79.9. The molecule has 0 aliphatic heterocycles. The van der Waals surface area contributed by atoms with Gasteiger partial charge in [0.2, 0.25) is 0 Å². The van der Waals surface area contributed by atoms with E-state index in [-0.39, 0.29) is 0 Å². The van der Waals surface area contributed by atoms with Crippen LogP contribution >= 0.6 is 15.9 Å². The molecule has 1 heterocycles. The van der Waals surface area contributed by atoms with Gasteiger partial charge in [-0.2, -0.15) is 0 Å². The van der Waals surface area contributed by atoms with Gasteiger partial charge in [0, 0.05) is 5.56 Å². The van der Waals surface area contributed by atoms with E-state index in [0.29, 0.717) is 16.7 Å². The lowest BCUT2D eigenvalue weighted by Gasteiger charge is -1.92. The molecule has 0 radical (unpaired) electrons. The molecule has 12 heavy (non-hydrogen) atoms. The quantitative estimate of drug-likeness (QED) is 0.701. The summed E-state index contributed by atoms with van der Waals surface area (Å²) in [6, 6.07) is 3.37. The minimum Gasteiger partial charge on any atom is -0.442 e. The number of hydrogen-bond acceptors (Lipinski definition) is 3. The number of fused-ring (bicyclic) bond motifs is 1. The molecule has 1 aromatic carbocycles. The minimum atomic E-state index is 0.586. The Balaban J connectivity index is 2.83. The number of oxazole rings is 1. The maximum Gasteiger partial charge on any atom is 0.182 e.